The second-order valence-corrected chi connectivity index (χ2v) is 5.58. The fourth-order valence-corrected chi connectivity index (χ4v) is 2.55. The van der Waals surface area contributed by atoms with Crippen LogP contribution in [0.2, 0.25) is 0 Å². The van der Waals surface area contributed by atoms with E-state index in [1.807, 2.05) is 60.7 Å². The van der Waals surface area contributed by atoms with Crippen LogP contribution < -0.4 is 9.47 Å². The molecule has 0 atom stereocenters. The van der Waals surface area contributed by atoms with Crippen molar-refractivity contribution in [2.24, 2.45) is 4.99 Å². The van der Waals surface area contributed by atoms with Gasteiger partial charge in [-0.05, 0) is 12.1 Å². The third-order valence-electron chi connectivity index (χ3n) is 3.71. The van der Waals surface area contributed by atoms with E-state index in [4.69, 9.17) is 4.74 Å². The molecule has 0 aromatic heterocycles. The third-order valence-corrected chi connectivity index (χ3v) is 3.71. The van der Waals surface area contributed by atoms with Gasteiger partial charge in [0.2, 0.25) is 0 Å². The van der Waals surface area contributed by atoms with Gasteiger partial charge in [0.1, 0.15) is 0 Å². The van der Waals surface area contributed by atoms with Crippen molar-refractivity contribution in [1.29, 1.82) is 0 Å². The average molecular weight is 371 g/mol. The van der Waals surface area contributed by atoms with Crippen LogP contribution in [0.4, 0.5) is 18.9 Å². The Morgan fingerprint density at radius 3 is 1.81 bits per heavy atom. The minimum absolute atomic E-state index is 0.0472. The van der Waals surface area contributed by atoms with Crippen LogP contribution in [0.1, 0.15) is 11.1 Å². The van der Waals surface area contributed by atoms with E-state index in [-0.39, 0.29) is 5.75 Å². The molecule has 0 unspecified atom stereocenters. The molecule has 3 aromatic carbocycles. The molecule has 0 aliphatic carbocycles. The predicted octanol–water partition coefficient (Wildman–Crippen LogP) is 5.76. The van der Waals surface area contributed by atoms with E-state index in [2.05, 4.69) is 9.73 Å². The molecule has 6 heteroatoms. The van der Waals surface area contributed by atoms with Gasteiger partial charge in [0.25, 0.3) is 0 Å². The summed E-state index contributed by atoms with van der Waals surface area (Å²) in [5, 5.41) is 0. The first-order valence-electron chi connectivity index (χ1n) is 8.09. The van der Waals surface area contributed by atoms with Crippen molar-refractivity contribution in [3.63, 3.8) is 0 Å². The van der Waals surface area contributed by atoms with E-state index >= 15 is 0 Å². The minimum atomic E-state index is -4.79. The van der Waals surface area contributed by atoms with Gasteiger partial charge in [-0.15, -0.1) is 13.2 Å². The van der Waals surface area contributed by atoms with Crippen LogP contribution in [0, 0.1) is 0 Å². The zero-order chi connectivity index (χ0) is 19.3. The highest BCUT2D eigenvalue weighted by Crippen LogP contribution is 2.35. The van der Waals surface area contributed by atoms with Crippen molar-refractivity contribution in [1.82, 2.24) is 0 Å². The van der Waals surface area contributed by atoms with E-state index in [1.165, 1.54) is 25.3 Å². The molecule has 0 saturated heterocycles. The Bertz CT molecular complexity index is 882. The van der Waals surface area contributed by atoms with Crippen molar-refractivity contribution in [2.45, 2.75) is 6.36 Å². The maximum absolute atomic E-state index is 12.5. The number of ether oxygens (including phenoxy) is 2. The van der Waals surface area contributed by atoms with Crippen LogP contribution >= 0.6 is 0 Å². The molecule has 0 fully saturated rings. The summed E-state index contributed by atoms with van der Waals surface area (Å²) in [4.78, 5) is 4.65. The summed E-state index contributed by atoms with van der Waals surface area (Å²) in [6.45, 7) is 0. The first-order valence-corrected chi connectivity index (χ1v) is 8.09. The summed E-state index contributed by atoms with van der Waals surface area (Å²) in [5.74, 6) is -0.459. The molecule has 3 rings (SSSR count). The van der Waals surface area contributed by atoms with Crippen molar-refractivity contribution in [3.8, 4) is 11.5 Å². The second kappa shape index (κ2) is 7.95. The van der Waals surface area contributed by atoms with Gasteiger partial charge < -0.3 is 9.47 Å². The number of benzene rings is 3. The van der Waals surface area contributed by atoms with Crippen LogP contribution in [0.3, 0.4) is 0 Å². The largest absolute Gasteiger partial charge is 0.573 e. The van der Waals surface area contributed by atoms with Crippen molar-refractivity contribution in [2.75, 3.05) is 7.11 Å². The molecule has 0 amide bonds. The molecule has 0 N–H and O–H groups in total. The zero-order valence-corrected chi connectivity index (χ0v) is 14.4. The molecule has 0 saturated carbocycles. The zero-order valence-electron chi connectivity index (χ0n) is 14.4. The lowest BCUT2D eigenvalue weighted by molar-refractivity contribution is -0.275. The molecule has 3 aromatic rings. The Morgan fingerprint density at radius 1 is 0.778 bits per heavy atom. The molecule has 0 aliphatic heterocycles. The number of nitrogens with zero attached hydrogens (tertiary/aromatic N) is 1. The topological polar surface area (TPSA) is 30.8 Å². The summed E-state index contributed by atoms with van der Waals surface area (Å²) in [6.07, 6.45) is -4.79. The number of alkyl halides is 3. The maximum atomic E-state index is 12.5. The lowest BCUT2D eigenvalue weighted by atomic mass is 10.0. The summed E-state index contributed by atoms with van der Waals surface area (Å²) in [7, 11) is 1.28. The average Bonchev–Trinajstić information content (AvgIpc) is 2.67. The molecular formula is C21H16F3NO2. The summed E-state index contributed by atoms with van der Waals surface area (Å²) >= 11 is 0. The molecule has 3 nitrogen and oxygen atoms in total. The molecule has 138 valence electrons. The highest BCUT2D eigenvalue weighted by Gasteiger charge is 2.32. The number of aliphatic imine (C=N–C) groups is 1. The standard InChI is InChI=1S/C21H16F3NO2/c1-26-19-14-17(12-13-18(19)27-21(22,23)24)25-20(15-8-4-2-5-9-15)16-10-6-3-7-11-16/h2-14H,1H3. The summed E-state index contributed by atoms with van der Waals surface area (Å²) < 4.78 is 46.5. The number of methoxy groups -OCH3 is 1. The van der Waals surface area contributed by atoms with Gasteiger partial charge in [-0.1, -0.05) is 60.7 Å². The Hall–Kier alpha value is -3.28. The number of hydrogen-bond donors (Lipinski definition) is 0. The first-order chi connectivity index (χ1) is 13.0. The Labute approximate surface area is 154 Å². The maximum Gasteiger partial charge on any atom is 0.573 e. The summed E-state index contributed by atoms with van der Waals surface area (Å²) in [6, 6.07) is 23.1. The van der Waals surface area contributed by atoms with Crippen LogP contribution in [0.15, 0.2) is 83.9 Å². The molecule has 0 bridgehead atoms. The van der Waals surface area contributed by atoms with E-state index in [0.29, 0.717) is 11.4 Å². The van der Waals surface area contributed by atoms with Crippen molar-refractivity contribution >= 4 is 11.4 Å². The van der Waals surface area contributed by atoms with Crippen LogP contribution in [0.25, 0.3) is 0 Å². The third kappa shape index (κ3) is 4.88. The number of rotatable bonds is 5. The van der Waals surface area contributed by atoms with Crippen molar-refractivity contribution < 1.29 is 22.6 Å². The van der Waals surface area contributed by atoms with Gasteiger partial charge in [-0.25, -0.2) is 4.99 Å². The van der Waals surface area contributed by atoms with E-state index in [9.17, 15) is 13.2 Å². The predicted molar refractivity (Wildman–Crippen MR) is 97.9 cm³/mol. The number of halogens is 3. The second-order valence-electron chi connectivity index (χ2n) is 5.58. The lowest BCUT2D eigenvalue weighted by Gasteiger charge is -2.13. The molecular weight excluding hydrogens is 355 g/mol. The van der Waals surface area contributed by atoms with Crippen LogP contribution in [0.5, 0.6) is 11.5 Å². The normalized spacial score (nSPS) is 11.0. The molecule has 27 heavy (non-hydrogen) atoms. The van der Waals surface area contributed by atoms with Crippen LogP contribution in [-0.2, 0) is 0 Å². The van der Waals surface area contributed by atoms with Gasteiger partial charge in [-0.3, -0.25) is 0 Å². The summed E-state index contributed by atoms with van der Waals surface area (Å²) in [5.41, 5.74) is 2.92. The molecule has 0 aliphatic rings. The lowest BCUT2D eigenvalue weighted by Crippen LogP contribution is -2.17. The fraction of sp³-hybridized carbons (Fsp3) is 0.0952. The monoisotopic (exact) mass is 371 g/mol. The highest BCUT2D eigenvalue weighted by atomic mass is 19.4. The minimum Gasteiger partial charge on any atom is -0.493 e. The molecule has 0 spiro atoms. The highest BCUT2D eigenvalue weighted by molar-refractivity contribution is 6.13. The Kier molecular flexibility index (Phi) is 5.45. The van der Waals surface area contributed by atoms with Crippen molar-refractivity contribution in [3.05, 3.63) is 90.0 Å². The SMILES string of the molecule is COc1cc(N=C(c2ccccc2)c2ccccc2)ccc1OC(F)(F)F. The van der Waals surface area contributed by atoms with Gasteiger partial charge in [0, 0.05) is 17.2 Å². The smallest absolute Gasteiger partial charge is 0.493 e. The van der Waals surface area contributed by atoms with E-state index < -0.39 is 12.1 Å². The van der Waals surface area contributed by atoms with Gasteiger partial charge >= 0.3 is 6.36 Å². The van der Waals surface area contributed by atoms with E-state index in [0.717, 1.165) is 11.1 Å². The van der Waals surface area contributed by atoms with Gasteiger partial charge in [-0.2, -0.15) is 0 Å². The van der Waals surface area contributed by atoms with Gasteiger partial charge in [0.05, 0.1) is 18.5 Å². The Balaban J connectivity index is 2.05. The molecule has 0 heterocycles. The van der Waals surface area contributed by atoms with Gasteiger partial charge in [0.15, 0.2) is 11.5 Å². The number of hydrogen-bond acceptors (Lipinski definition) is 3. The fourth-order valence-electron chi connectivity index (χ4n) is 2.55. The quantitative estimate of drug-likeness (QED) is 0.534. The molecule has 0 radical (unpaired) electrons. The van der Waals surface area contributed by atoms with E-state index in [1.54, 1.807) is 0 Å². The Morgan fingerprint density at radius 2 is 1.33 bits per heavy atom. The van der Waals surface area contributed by atoms with Crippen LogP contribution in [-0.4, -0.2) is 19.2 Å². The first kappa shape index (κ1) is 18.5.